The van der Waals surface area contributed by atoms with Crippen molar-refractivity contribution in [3.8, 4) is 11.3 Å². The number of hydrogen-bond acceptors (Lipinski definition) is 4. The van der Waals surface area contributed by atoms with Crippen LogP contribution >= 0.6 is 0 Å². The first-order chi connectivity index (χ1) is 23.8. The van der Waals surface area contributed by atoms with E-state index in [4.69, 9.17) is 14.4 Å². The standard InChI is InChI=1S/C44H31N3O/c1-2-26-23-25-37-41-38(26)39-32(30-16-8-9-17-31(30)33-19-11-21-36(48-37)40(33)41)18-10-20-34(39)45-44-42(28-13-4-3-5-14-28)47-43-29-15-7-6-12-27(29)22-24-35(43)46-44/h3-10,12-18,20-25H,2,11,19H2,1H3,(H,45,46). The molecule has 0 atom stereocenters. The van der Waals surface area contributed by atoms with Gasteiger partial charge in [0.25, 0.3) is 0 Å². The maximum Gasteiger partial charge on any atom is 0.157 e. The molecule has 48 heavy (non-hydrogen) atoms. The van der Waals surface area contributed by atoms with Crippen LogP contribution in [-0.2, 0) is 12.8 Å². The number of hydrogen-bond donors (Lipinski definition) is 1. The Morgan fingerprint density at radius 2 is 1.44 bits per heavy atom. The molecule has 0 saturated heterocycles. The Labute approximate surface area is 277 Å². The van der Waals surface area contributed by atoms with Crippen molar-refractivity contribution in [3.63, 3.8) is 0 Å². The van der Waals surface area contributed by atoms with E-state index in [0.717, 1.165) is 74.8 Å². The van der Waals surface area contributed by atoms with Gasteiger partial charge in [-0.15, -0.1) is 0 Å². The summed E-state index contributed by atoms with van der Waals surface area (Å²) >= 11 is 0. The van der Waals surface area contributed by atoms with E-state index in [1.54, 1.807) is 0 Å². The molecule has 4 heteroatoms. The molecule has 0 amide bonds. The van der Waals surface area contributed by atoms with Gasteiger partial charge in [-0.05, 0) is 81.6 Å². The predicted octanol–water partition coefficient (Wildman–Crippen LogP) is 11.0. The number of nitrogens with one attached hydrogen (secondary N) is 1. The van der Waals surface area contributed by atoms with Gasteiger partial charge in [0.2, 0.25) is 0 Å². The topological polar surface area (TPSA) is 51.0 Å². The Morgan fingerprint density at radius 3 is 2.31 bits per heavy atom. The third-order valence-corrected chi connectivity index (χ3v) is 10.1. The van der Waals surface area contributed by atoms with Gasteiger partial charge in [0.1, 0.15) is 16.7 Å². The van der Waals surface area contributed by atoms with Crippen LogP contribution in [0.3, 0.4) is 0 Å². The molecule has 0 bridgehead atoms. The molecule has 0 fully saturated rings. The molecule has 0 spiro atoms. The van der Waals surface area contributed by atoms with Gasteiger partial charge < -0.3 is 9.73 Å². The third kappa shape index (κ3) is 3.96. The Morgan fingerprint density at radius 1 is 0.646 bits per heavy atom. The zero-order valence-corrected chi connectivity index (χ0v) is 26.5. The highest BCUT2D eigenvalue weighted by molar-refractivity contribution is 6.28. The van der Waals surface area contributed by atoms with E-state index in [1.807, 2.05) is 6.07 Å². The maximum atomic E-state index is 6.62. The van der Waals surface area contributed by atoms with Crippen molar-refractivity contribution in [1.29, 1.82) is 0 Å². The Hall–Kier alpha value is -6.00. The molecule has 9 aromatic rings. The van der Waals surface area contributed by atoms with Crippen molar-refractivity contribution in [2.24, 2.45) is 0 Å². The lowest BCUT2D eigenvalue weighted by Gasteiger charge is -2.18. The van der Waals surface area contributed by atoms with Gasteiger partial charge in [0, 0.05) is 32.8 Å². The number of anilines is 2. The van der Waals surface area contributed by atoms with Gasteiger partial charge in [0.15, 0.2) is 5.82 Å². The summed E-state index contributed by atoms with van der Waals surface area (Å²) in [6, 6.07) is 42.9. The zero-order chi connectivity index (χ0) is 31.8. The van der Waals surface area contributed by atoms with Crippen LogP contribution in [0.25, 0.3) is 82.4 Å². The minimum atomic E-state index is 0.729. The Balaban J connectivity index is 1.35. The van der Waals surface area contributed by atoms with Gasteiger partial charge in [-0.2, -0.15) is 0 Å². The Bertz CT molecular complexity index is 2850. The average molecular weight is 618 g/mol. The molecule has 2 heterocycles. The molecule has 1 aliphatic carbocycles. The highest BCUT2D eigenvalue weighted by atomic mass is 16.3. The highest BCUT2D eigenvalue weighted by Crippen LogP contribution is 2.43. The SMILES string of the molecule is CCc1ccc2oc3c4c(c5ccccc5c5cccc(Nc6nc7ccc8ccccc8c7nc6-c6ccccc6)c5c1c24)CCC=3. The van der Waals surface area contributed by atoms with Crippen LogP contribution in [0.5, 0.6) is 0 Å². The summed E-state index contributed by atoms with van der Waals surface area (Å²) in [6.45, 7) is 2.25. The van der Waals surface area contributed by atoms with Crippen molar-refractivity contribution >= 4 is 82.7 Å². The number of furan rings is 1. The predicted molar refractivity (Wildman–Crippen MR) is 201 cm³/mol. The first-order valence-corrected chi connectivity index (χ1v) is 16.8. The summed E-state index contributed by atoms with van der Waals surface area (Å²) in [6.07, 6.45) is 5.13. The van der Waals surface area contributed by atoms with Gasteiger partial charge >= 0.3 is 0 Å². The molecule has 2 aromatic heterocycles. The number of benzene rings is 6. The van der Waals surface area contributed by atoms with Crippen LogP contribution in [-0.4, -0.2) is 9.97 Å². The maximum absolute atomic E-state index is 6.62. The van der Waals surface area contributed by atoms with E-state index in [0.29, 0.717) is 0 Å². The van der Waals surface area contributed by atoms with Gasteiger partial charge in [-0.3, -0.25) is 0 Å². The number of fused-ring (bicyclic) bond motifs is 8. The lowest BCUT2D eigenvalue weighted by atomic mass is 9.88. The molecule has 1 N–H and O–H groups in total. The van der Waals surface area contributed by atoms with Crippen molar-refractivity contribution in [2.75, 3.05) is 5.32 Å². The van der Waals surface area contributed by atoms with Crippen LogP contribution in [0, 0.1) is 0 Å². The largest absolute Gasteiger partial charge is 0.456 e. The molecule has 228 valence electrons. The molecule has 0 unspecified atom stereocenters. The Kier molecular flexibility index (Phi) is 5.94. The van der Waals surface area contributed by atoms with Crippen molar-refractivity contribution in [1.82, 2.24) is 9.97 Å². The second-order valence-electron chi connectivity index (χ2n) is 12.7. The summed E-state index contributed by atoms with van der Waals surface area (Å²) in [4.78, 5) is 10.6. The van der Waals surface area contributed by atoms with E-state index in [-0.39, 0.29) is 0 Å². The van der Waals surface area contributed by atoms with Gasteiger partial charge in [-0.1, -0.05) is 110 Å². The highest BCUT2D eigenvalue weighted by Gasteiger charge is 2.22. The van der Waals surface area contributed by atoms with Crippen LogP contribution in [0.15, 0.2) is 126 Å². The molecular weight excluding hydrogens is 587 g/mol. The minimum Gasteiger partial charge on any atom is -0.456 e. The van der Waals surface area contributed by atoms with Gasteiger partial charge in [-0.25, -0.2) is 9.97 Å². The van der Waals surface area contributed by atoms with Crippen molar-refractivity contribution in [3.05, 3.63) is 138 Å². The molecule has 1 aliphatic rings. The zero-order valence-electron chi connectivity index (χ0n) is 26.5. The molecule has 7 aromatic carbocycles. The second-order valence-corrected chi connectivity index (χ2v) is 12.7. The quantitative estimate of drug-likeness (QED) is 0.200. The van der Waals surface area contributed by atoms with E-state index >= 15 is 0 Å². The summed E-state index contributed by atoms with van der Waals surface area (Å²) in [7, 11) is 0. The molecule has 10 rings (SSSR count). The summed E-state index contributed by atoms with van der Waals surface area (Å²) in [5, 5.41) is 14.7. The van der Waals surface area contributed by atoms with Crippen molar-refractivity contribution < 1.29 is 4.42 Å². The van der Waals surface area contributed by atoms with Crippen molar-refractivity contribution in [2.45, 2.75) is 26.2 Å². The van der Waals surface area contributed by atoms with Crippen LogP contribution in [0.4, 0.5) is 11.5 Å². The van der Waals surface area contributed by atoms with Crippen LogP contribution in [0.1, 0.15) is 24.5 Å². The summed E-state index contributed by atoms with van der Waals surface area (Å²) in [5.74, 6) is 0.729. The second kappa shape index (κ2) is 10.5. The third-order valence-electron chi connectivity index (χ3n) is 10.1. The van der Waals surface area contributed by atoms with E-state index in [9.17, 15) is 0 Å². The van der Waals surface area contributed by atoms with Gasteiger partial charge in [0.05, 0.1) is 11.0 Å². The fraction of sp³-hybridized carbons (Fsp3) is 0.0909. The number of nitrogens with zero attached hydrogens (tertiary/aromatic N) is 2. The molecule has 0 aliphatic heterocycles. The normalized spacial score (nSPS) is 12.8. The summed E-state index contributed by atoms with van der Waals surface area (Å²) < 4.78 is 6.62. The fourth-order valence-corrected chi connectivity index (χ4v) is 7.95. The van der Waals surface area contributed by atoms with Crippen LogP contribution in [0.2, 0.25) is 0 Å². The monoisotopic (exact) mass is 617 g/mol. The number of aryl methyl sites for hydroxylation is 2. The summed E-state index contributed by atoms with van der Waals surface area (Å²) in [5.41, 5.74) is 9.18. The lowest BCUT2D eigenvalue weighted by Crippen LogP contribution is -2.05. The van der Waals surface area contributed by atoms with E-state index in [2.05, 4.69) is 134 Å². The van der Waals surface area contributed by atoms with Crippen LogP contribution < -0.4 is 10.7 Å². The first-order valence-electron chi connectivity index (χ1n) is 16.8. The molecule has 4 nitrogen and oxygen atoms in total. The fourth-order valence-electron chi connectivity index (χ4n) is 7.95. The minimum absolute atomic E-state index is 0.729. The lowest BCUT2D eigenvalue weighted by molar-refractivity contribution is 0.579. The van der Waals surface area contributed by atoms with E-state index < -0.39 is 0 Å². The first kappa shape index (κ1) is 27.1. The smallest absolute Gasteiger partial charge is 0.157 e. The number of rotatable bonds is 4. The molecule has 0 radical (unpaired) electrons. The average Bonchev–Trinajstić information content (AvgIpc) is 3.53. The molecule has 0 saturated carbocycles. The molecular formula is C44H31N3O. The number of aromatic nitrogens is 2. The van der Waals surface area contributed by atoms with E-state index in [1.165, 1.54) is 48.8 Å².